The second-order valence-corrected chi connectivity index (χ2v) is 5.71. The van der Waals surface area contributed by atoms with Gasteiger partial charge in [0.2, 0.25) is 0 Å². The van der Waals surface area contributed by atoms with Crippen molar-refractivity contribution in [1.82, 2.24) is 0 Å². The van der Waals surface area contributed by atoms with E-state index in [9.17, 15) is 0 Å². The highest BCUT2D eigenvalue weighted by Gasteiger charge is 2.28. The molecule has 0 aromatic carbocycles. The molecule has 1 nitrogen and oxygen atoms in total. The molecular formula is C13H23N. The Kier molecular flexibility index (Phi) is 3.18. The van der Waals surface area contributed by atoms with Crippen molar-refractivity contribution in [3.05, 3.63) is 11.6 Å². The van der Waals surface area contributed by atoms with Gasteiger partial charge in [-0.1, -0.05) is 33.3 Å². The van der Waals surface area contributed by atoms with Gasteiger partial charge in [-0.15, -0.1) is 0 Å². The summed E-state index contributed by atoms with van der Waals surface area (Å²) in [6, 6.07) is 0. The Morgan fingerprint density at radius 2 is 1.86 bits per heavy atom. The van der Waals surface area contributed by atoms with E-state index in [0.717, 1.165) is 17.5 Å². The largest absolute Gasteiger partial charge is 0.305 e. The lowest BCUT2D eigenvalue weighted by Gasteiger charge is -2.35. The molecule has 0 aromatic heterocycles. The average Bonchev–Trinajstić information content (AvgIpc) is 1.99. The molecule has 0 aliphatic heterocycles. The van der Waals surface area contributed by atoms with E-state index in [1.807, 2.05) is 0 Å². The molecule has 1 N–H and O–H groups in total. The van der Waals surface area contributed by atoms with Gasteiger partial charge in [0.25, 0.3) is 0 Å². The zero-order valence-corrected chi connectivity index (χ0v) is 10.1. The zero-order valence-electron chi connectivity index (χ0n) is 10.1. The Morgan fingerprint density at radius 1 is 1.29 bits per heavy atom. The van der Waals surface area contributed by atoms with Gasteiger partial charge in [0.1, 0.15) is 0 Å². The van der Waals surface area contributed by atoms with Crippen molar-refractivity contribution in [1.29, 1.82) is 5.41 Å². The van der Waals surface area contributed by atoms with Crippen molar-refractivity contribution in [2.24, 2.45) is 17.3 Å². The zero-order chi connectivity index (χ0) is 10.9. The maximum absolute atomic E-state index is 7.95. The van der Waals surface area contributed by atoms with Gasteiger partial charge in [0.05, 0.1) is 0 Å². The summed E-state index contributed by atoms with van der Waals surface area (Å²) < 4.78 is 0. The summed E-state index contributed by atoms with van der Waals surface area (Å²) in [7, 11) is 0. The third-order valence-corrected chi connectivity index (χ3v) is 3.38. The summed E-state index contributed by atoms with van der Waals surface area (Å²) in [5, 5.41) is 7.95. The molecule has 0 saturated heterocycles. The third kappa shape index (κ3) is 2.46. The lowest BCUT2D eigenvalue weighted by molar-refractivity contribution is 0.237. The standard InChI is InChI=1S/C13H23N/c1-9-6-7-11(9)10(2)8-12(14)13(3,4)5/h8-9,11,14H,6-7H2,1-5H3/b10-8+,14-12?. The van der Waals surface area contributed by atoms with Crippen molar-refractivity contribution in [2.75, 3.05) is 0 Å². The molecule has 1 saturated carbocycles. The summed E-state index contributed by atoms with van der Waals surface area (Å²) in [4.78, 5) is 0. The minimum Gasteiger partial charge on any atom is -0.305 e. The van der Waals surface area contributed by atoms with Gasteiger partial charge in [-0.3, -0.25) is 0 Å². The molecule has 1 fully saturated rings. The van der Waals surface area contributed by atoms with Crippen LogP contribution in [0.4, 0.5) is 0 Å². The predicted molar refractivity (Wildman–Crippen MR) is 62.8 cm³/mol. The van der Waals surface area contributed by atoms with E-state index in [0.29, 0.717) is 0 Å². The molecule has 0 amide bonds. The van der Waals surface area contributed by atoms with Crippen LogP contribution in [0.3, 0.4) is 0 Å². The van der Waals surface area contributed by atoms with Crippen LogP contribution in [-0.2, 0) is 0 Å². The Morgan fingerprint density at radius 3 is 2.14 bits per heavy atom. The van der Waals surface area contributed by atoms with E-state index in [2.05, 4.69) is 40.7 Å². The lowest BCUT2D eigenvalue weighted by atomic mass is 9.70. The van der Waals surface area contributed by atoms with Crippen molar-refractivity contribution in [3.8, 4) is 0 Å². The molecule has 14 heavy (non-hydrogen) atoms. The van der Waals surface area contributed by atoms with Gasteiger partial charge in [-0.05, 0) is 37.7 Å². The summed E-state index contributed by atoms with van der Waals surface area (Å²) in [5.74, 6) is 1.58. The van der Waals surface area contributed by atoms with Crippen LogP contribution in [0.25, 0.3) is 0 Å². The Labute approximate surface area is 88.1 Å². The number of hydrogen-bond acceptors (Lipinski definition) is 1. The Hall–Kier alpha value is -0.590. The molecule has 0 spiro atoms. The summed E-state index contributed by atoms with van der Waals surface area (Å²) in [6.07, 6.45) is 4.76. The molecule has 0 heterocycles. The van der Waals surface area contributed by atoms with Crippen LogP contribution in [-0.4, -0.2) is 5.71 Å². The molecule has 1 aliphatic rings. The van der Waals surface area contributed by atoms with Crippen LogP contribution in [0.5, 0.6) is 0 Å². The van der Waals surface area contributed by atoms with Gasteiger partial charge >= 0.3 is 0 Å². The molecule has 1 aliphatic carbocycles. The summed E-state index contributed by atoms with van der Waals surface area (Å²) in [5.41, 5.74) is 2.16. The van der Waals surface area contributed by atoms with E-state index >= 15 is 0 Å². The van der Waals surface area contributed by atoms with Gasteiger partial charge in [-0.25, -0.2) is 0 Å². The molecule has 1 rings (SSSR count). The van der Waals surface area contributed by atoms with E-state index in [-0.39, 0.29) is 5.41 Å². The van der Waals surface area contributed by atoms with E-state index in [1.54, 1.807) is 0 Å². The highest BCUT2D eigenvalue weighted by molar-refractivity contribution is 5.96. The second-order valence-electron chi connectivity index (χ2n) is 5.71. The molecule has 2 unspecified atom stereocenters. The highest BCUT2D eigenvalue weighted by Crippen LogP contribution is 2.39. The van der Waals surface area contributed by atoms with Crippen LogP contribution < -0.4 is 0 Å². The SMILES string of the molecule is C/C(=C\C(=N)C(C)(C)C)C1CCC1C. The van der Waals surface area contributed by atoms with Crippen LogP contribution >= 0.6 is 0 Å². The van der Waals surface area contributed by atoms with Gasteiger partial charge in [0.15, 0.2) is 0 Å². The second kappa shape index (κ2) is 3.88. The smallest absolute Gasteiger partial charge is 0.0366 e. The highest BCUT2D eigenvalue weighted by atomic mass is 14.5. The van der Waals surface area contributed by atoms with E-state index < -0.39 is 0 Å². The normalized spacial score (nSPS) is 28.5. The Balaban J connectivity index is 2.64. The molecule has 0 aromatic rings. The first-order valence-electron chi connectivity index (χ1n) is 5.59. The first-order chi connectivity index (χ1) is 6.32. The van der Waals surface area contributed by atoms with E-state index in [4.69, 9.17) is 5.41 Å². The predicted octanol–water partition coefficient (Wildman–Crippen LogP) is 4.04. The molecular weight excluding hydrogens is 170 g/mol. The van der Waals surface area contributed by atoms with Crippen LogP contribution in [0.15, 0.2) is 11.6 Å². The number of allylic oxidation sites excluding steroid dienone is 2. The van der Waals surface area contributed by atoms with E-state index in [1.165, 1.54) is 18.4 Å². The van der Waals surface area contributed by atoms with Gasteiger partial charge in [-0.2, -0.15) is 0 Å². The quantitative estimate of drug-likeness (QED) is 0.640. The maximum atomic E-state index is 7.95. The van der Waals surface area contributed by atoms with Crippen LogP contribution in [0.2, 0.25) is 0 Å². The Bertz CT molecular complexity index is 255. The third-order valence-electron chi connectivity index (χ3n) is 3.38. The molecule has 80 valence electrons. The fourth-order valence-corrected chi connectivity index (χ4v) is 1.89. The van der Waals surface area contributed by atoms with Gasteiger partial charge < -0.3 is 5.41 Å². The first kappa shape index (κ1) is 11.5. The fraction of sp³-hybridized carbons (Fsp3) is 0.769. The number of nitrogens with one attached hydrogen (secondary N) is 1. The van der Waals surface area contributed by atoms with Crippen LogP contribution in [0, 0.1) is 22.7 Å². The number of rotatable bonds is 2. The first-order valence-corrected chi connectivity index (χ1v) is 5.59. The van der Waals surface area contributed by atoms with Crippen molar-refractivity contribution in [3.63, 3.8) is 0 Å². The number of hydrogen-bond donors (Lipinski definition) is 1. The maximum Gasteiger partial charge on any atom is 0.0366 e. The van der Waals surface area contributed by atoms with Crippen molar-refractivity contribution < 1.29 is 0 Å². The monoisotopic (exact) mass is 193 g/mol. The topological polar surface area (TPSA) is 23.9 Å². The average molecular weight is 193 g/mol. The molecule has 0 bridgehead atoms. The molecule has 2 atom stereocenters. The molecule has 1 heteroatoms. The van der Waals surface area contributed by atoms with Gasteiger partial charge in [0, 0.05) is 11.1 Å². The fourth-order valence-electron chi connectivity index (χ4n) is 1.89. The van der Waals surface area contributed by atoms with Crippen LogP contribution in [0.1, 0.15) is 47.5 Å². The molecule has 0 radical (unpaired) electrons. The lowest BCUT2D eigenvalue weighted by Crippen LogP contribution is -2.25. The summed E-state index contributed by atoms with van der Waals surface area (Å²) in [6.45, 7) is 10.8. The van der Waals surface area contributed by atoms with Crippen molar-refractivity contribution in [2.45, 2.75) is 47.5 Å². The minimum absolute atomic E-state index is 0.00571. The minimum atomic E-state index is -0.00571. The van der Waals surface area contributed by atoms with Crippen molar-refractivity contribution >= 4 is 5.71 Å². The summed E-state index contributed by atoms with van der Waals surface area (Å²) >= 11 is 0.